The van der Waals surface area contributed by atoms with Gasteiger partial charge >= 0.3 is 0 Å². The molecule has 98 valence electrons. The van der Waals surface area contributed by atoms with E-state index in [4.69, 9.17) is 0 Å². The van der Waals surface area contributed by atoms with Gasteiger partial charge in [-0.15, -0.1) is 0 Å². The Hall–Kier alpha value is -1.31. The fourth-order valence-corrected chi connectivity index (χ4v) is 2.40. The number of nitrogens with zero attached hydrogens (tertiary/aromatic N) is 1. The van der Waals surface area contributed by atoms with E-state index in [0.717, 1.165) is 25.3 Å². The van der Waals surface area contributed by atoms with Crippen molar-refractivity contribution in [2.24, 2.45) is 10.9 Å². The van der Waals surface area contributed by atoms with E-state index in [1.165, 1.54) is 23.4 Å². The summed E-state index contributed by atoms with van der Waals surface area (Å²) in [5.41, 5.74) is 2.77. The number of amidine groups is 1. The van der Waals surface area contributed by atoms with Crippen molar-refractivity contribution >= 4 is 5.84 Å². The molecule has 1 aromatic rings. The van der Waals surface area contributed by atoms with Gasteiger partial charge in [0, 0.05) is 19.0 Å². The van der Waals surface area contributed by atoms with Crippen molar-refractivity contribution in [1.29, 1.82) is 0 Å². The van der Waals surface area contributed by atoms with Crippen LogP contribution in [0.3, 0.4) is 0 Å². The lowest BCUT2D eigenvalue weighted by Crippen LogP contribution is -2.24. The zero-order chi connectivity index (χ0) is 13.0. The van der Waals surface area contributed by atoms with Crippen LogP contribution in [0.5, 0.6) is 0 Å². The normalized spacial score (nSPS) is 16.8. The summed E-state index contributed by atoms with van der Waals surface area (Å²) in [5, 5.41) is 3.51. The maximum atomic E-state index is 4.46. The molecule has 0 amide bonds. The highest BCUT2D eigenvalue weighted by molar-refractivity contribution is 5.83. The standard InChI is InChI=1S/C16H24N2/c1-12(2)11-14-6-8-15(9-7-14)13(3)18-16-5-4-10-17-16/h6-9,12-13H,4-5,10-11H2,1-3H3,(H,17,18)/t13-/m0/s1. The number of aliphatic imine (C=N–C) groups is 1. The van der Waals surface area contributed by atoms with Crippen molar-refractivity contribution in [3.8, 4) is 0 Å². The van der Waals surface area contributed by atoms with Gasteiger partial charge in [-0.3, -0.25) is 4.99 Å². The number of hydrogen-bond acceptors (Lipinski definition) is 2. The fraction of sp³-hybridized carbons (Fsp3) is 0.562. The molecule has 18 heavy (non-hydrogen) atoms. The molecule has 1 N–H and O–H groups in total. The van der Waals surface area contributed by atoms with Gasteiger partial charge in [-0.05, 0) is 36.8 Å². The molecule has 2 nitrogen and oxygen atoms in total. The van der Waals surface area contributed by atoms with Gasteiger partial charge in [0.15, 0.2) is 0 Å². The molecule has 1 aliphatic rings. The molecule has 1 heterocycles. The largest absolute Gasteiger partial charge is 0.367 e. The van der Waals surface area contributed by atoms with E-state index in [1.807, 2.05) is 0 Å². The predicted molar refractivity (Wildman–Crippen MR) is 78.1 cm³/mol. The first-order chi connectivity index (χ1) is 8.65. The summed E-state index contributed by atoms with van der Waals surface area (Å²) in [6.45, 7) is 7.72. The molecule has 0 bridgehead atoms. The maximum absolute atomic E-state index is 4.46. The van der Waals surface area contributed by atoms with Gasteiger partial charge in [-0.2, -0.15) is 0 Å². The minimum absolute atomic E-state index is 0.356. The summed E-state index contributed by atoms with van der Waals surface area (Å²) in [5.74, 6) is 1.90. The molecule has 2 heteroatoms. The Balaban J connectivity index is 1.95. The molecular weight excluding hydrogens is 220 g/mol. The molecule has 0 aromatic heterocycles. The molecule has 0 saturated carbocycles. The zero-order valence-electron chi connectivity index (χ0n) is 11.7. The Morgan fingerprint density at radius 3 is 2.44 bits per heavy atom. The highest BCUT2D eigenvalue weighted by atomic mass is 15.0. The quantitative estimate of drug-likeness (QED) is 0.857. The summed E-state index contributed by atoms with van der Waals surface area (Å²) in [6, 6.07) is 9.35. The van der Waals surface area contributed by atoms with Crippen molar-refractivity contribution in [3.05, 3.63) is 35.4 Å². The van der Waals surface area contributed by atoms with Crippen LogP contribution in [0.4, 0.5) is 0 Å². The Morgan fingerprint density at radius 2 is 1.89 bits per heavy atom. The first-order valence-corrected chi connectivity index (χ1v) is 7.04. The maximum Gasteiger partial charge on any atom is 0.0968 e. The summed E-state index contributed by atoms with van der Waals surface area (Å²) < 4.78 is 0. The Kier molecular flexibility index (Phi) is 4.40. The molecule has 0 aliphatic carbocycles. The van der Waals surface area contributed by atoms with E-state index in [1.54, 1.807) is 0 Å². The molecular formula is C16H24N2. The van der Waals surface area contributed by atoms with E-state index in [9.17, 15) is 0 Å². The molecule has 0 unspecified atom stereocenters. The first-order valence-electron chi connectivity index (χ1n) is 7.04. The summed E-state index contributed by atoms with van der Waals surface area (Å²) in [7, 11) is 0. The molecule has 0 saturated heterocycles. The summed E-state index contributed by atoms with van der Waals surface area (Å²) in [6.07, 6.45) is 3.47. The number of rotatable bonds is 4. The number of hydrogen-bond donors (Lipinski definition) is 1. The number of benzene rings is 1. The molecule has 1 aromatic carbocycles. The van der Waals surface area contributed by atoms with Gasteiger partial charge in [0.05, 0.1) is 5.84 Å². The highest BCUT2D eigenvalue weighted by Gasteiger charge is 2.11. The van der Waals surface area contributed by atoms with Crippen LogP contribution < -0.4 is 5.32 Å². The van der Waals surface area contributed by atoms with Gasteiger partial charge in [0.25, 0.3) is 0 Å². The average molecular weight is 244 g/mol. The van der Waals surface area contributed by atoms with Crippen molar-refractivity contribution in [3.63, 3.8) is 0 Å². The van der Waals surface area contributed by atoms with Crippen LogP contribution >= 0.6 is 0 Å². The second kappa shape index (κ2) is 6.03. The van der Waals surface area contributed by atoms with Crippen LogP contribution in [-0.2, 0) is 6.42 Å². The zero-order valence-corrected chi connectivity index (χ0v) is 11.7. The van der Waals surface area contributed by atoms with Crippen LogP contribution in [0.2, 0.25) is 0 Å². The Bertz CT molecular complexity index is 404. The summed E-state index contributed by atoms with van der Waals surface area (Å²) in [4.78, 5) is 4.46. The minimum atomic E-state index is 0.356. The second-order valence-electron chi connectivity index (χ2n) is 5.64. The third kappa shape index (κ3) is 3.59. The van der Waals surface area contributed by atoms with Crippen molar-refractivity contribution < 1.29 is 0 Å². The van der Waals surface area contributed by atoms with Gasteiger partial charge in [0.2, 0.25) is 0 Å². The molecule has 1 aliphatic heterocycles. The van der Waals surface area contributed by atoms with Gasteiger partial charge < -0.3 is 5.32 Å². The smallest absolute Gasteiger partial charge is 0.0968 e. The van der Waals surface area contributed by atoms with Crippen molar-refractivity contribution in [1.82, 2.24) is 5.32 Å². The SMILES string of the molecule is CC(C)Cc1ccc([C@H](C)NC2=NCCC2)cc1. The lowest BCUT2D eigenvalue weighted by Gasteiger charge is -2.16. The molecule has 0 fully saturated rings. The van der Waals surface area contributed by atoms with E-state index in [0.29, 0.717) is 6.04 Å². The first kappa shape index (κ1) is 13.1. The third-order valence-electron chi connectivity index (χ3n) is 3.38. The van der Waals surface area contributed by atoms with Crippen molar-refractivity contribution in [2.45, 2.75) is 46.1 Å². The predicted octanol–water partition coefficient (Wildman–Crippen LogP) is 3.73. The van der Waals surface area contributed by atoms with E-state index >= 15 is 0 Å². The van der Waals surface area contributed by atoms with Gasteiger partial charge in [-0.25, -0.2) is 0 Å². The highest BCUT2D eigenvalue weighted by Crippen LogP contribution is 2.16. The second-order valence-corrected chi connectivity index (χ2v) is 5.64. The van der Waals surface area contributed by atoms with Crippen LogP contribution in [0.25, 0.3) is 0 Å². The molecule has 2 rings (SSSR count). The van der Waals surface area contributed by atoms with Crippen LogP contribution in [0.1, 0.15) is 50.8 Å². The molecule has 0 radical (unpaired) electrons. The lowest BCUT2D eigenvalue weighted by atomic mass is 10.00. The molecule has 0 spiro atoms. The monoisotopic (exact) mass is 244 g/mol. The third-order valence-corrected chi connectivity index (χ3v) is 3.38. The average Bonchev–Trinajstić information content (AvgIpc) is 2.82. The van der Waals surface area contributed by atoms with Crippen LogP contribution in [-0.4, -0.2) is 12.4 Å². The van der Waals surface area contributed by atoms with E-state index in [2.05, 4.69) is 55.3 Å². The molecule has 1 atom stereocenters. The van der Waals surface area contributed by atoms with E-state index in [-0.39, 0.29) is 0 Å². The van der Waals surface area contributed by atoms with Gasteiger partial charge in [-0.1, -0.05) is 38.1 Å². The number of nitrogens with one attached hydrogen (secondary N) is 1. The Morgan fingerprint density at radius 1 is 1.17 bits per heavy atom. The minimum Gasteiger partial charge on any atom is -0.367 e. The topological polar surface area (TPSA) is 24.4 Å². The fourth-order valence-electron chi connectivity index (χ4n) is 2.40. The lowest BCUT2D eigenvalue weighted by molar-refractivity contribution is 0.646. The van der Waals surface area contributed by atoms with Crippen molar-refractivity contribution in [2.75, 3.05) is 6.54 Å². The Labute approximate surface area is 111 Å². The summed E-state index contributed by atoms with van der Waals surface area (Å²) >= 11 is 0. The van der Waals surface area contributed by atoms with Crippen LogP contribution in [0.15, 0.2) is 29.3 Å². The van der Waals surface area contributed by atoms with Crippen LogP contribution in [0, 0.1) is 5.92 Å². The van der Waals surface area contributed by atoms with Gasteiger partial charge in [0.1, 0.15) is 0 Å². The van der Waals surface area contributed by atoms with E-state index < -0.39 is 0 Å².